The molecule has 1 amide bonds. The number of carbonyl (C=O) groups excluding carboxylic acids is 2. The van der Waals surface area contributed by atoms with Gasteiger partial charge in [0.2, 0.25) is 5.89 Å². The lowest BCUT2D eigenvalue weighted by molar-refractivity contribution is 0.0692. The monoisotopic (exact) mass is 333 g/mol. The van der Waals surface area contributed by atoms with Crippen LogP contribution in [0.25, 0.3) is 0 Å². The maximum absolute atomic E-state index is 12.5. The van der Waals surface area contributed by atoms with E-state index in [-0.39, 0.29) is 11.7 Å². The van der Waals surface area contributed by atoms with Crippen molar-refractivity contribution in [2.24, 2.45) is 5.92 Å². The number of likely N-dealkylation sites (tertiary alicyclic amines) is 1. The summed E-state index contributed by atoms with van der Waals surface area (Å²) in [7, 11) is 0. The van der Waals surface area contributed by atoms with Gasteiger partial charge in [-0.15, -0.1) is 11.3 Å². The van der Waals surface area contributed by atoms with E-state index in [1.807, 2.05) is 11.8 Å². The Balaban J connectivity index is 1.55. The SMILES string of the molecule is CC(=O)c1ccc(C(=O)N2CCC(Cc3nc(C)no3)CC2)s1. The lowest BCUT2D eigenvalue weighted by Crippen LogP contribution is -2.38. The van der Waals surface area contributed by atoms with E-state index in [0.717, 1.165) is 32.4 Å². The molecule has 7 heteroatoms. The molecule has 3 rings (SSSR count). The van der Waals surface area contributed by atoms with E-state index < -0.39 is 0 Å². The molecule has 1 fully saturated rings. The first-order valence-corrected chi connectivity index (χ1v) is 8.54. The number of carbonyl (C=O) groups is 2. The molecular weight excluding hydrogens is 314 g/mol. The molecule has 0 radical (unpaired) electrons. The number of aromatic nitrogens is 2. The largest absolute Gasteiger partial charge is 0.339 e. The van der Waals surface area contributed by atoms with Crippen LogP contribution >= 0.6 is 11.3 Å². The van der Waals surface area contributed by atoms with Crippen LogP contribution in [0, 0.1) is 12.8 Å². The molecule has 0 atom stereocenters. The number of nitrogens with zero attached hydrogens (tertiary/aromatic N) is 3. The van der Waals surface area contributed by atoms with Crippen LogP contribution in [0.2, 0.25) is 0 Å². The van der Waals surface area contributed by atoms with Gasteiger partial charge in [0.1, 0.15) is 0 Å². The number of thiophene rings is 1. The summed E-state index contributed by atoms with van der Waals surface area (Å²) < 4.78 is 5.16. The van der Waals surface area contributed by atoms with Crippen LogP contribution in [0.3, 0.4) is 0 Å². The molecule has 1 aliphatic heterocycles. The van der Waals surface area contributed by atoms with Crippen molar-refractivity contribution in [1.29, 1.82) is 0 Å². The predicted octanol–water partition coefficient (Wildman–Crippen LogP) is 2.74. The minimum atomic E-state index is 0.00242. The smallest absolute Gasteiger partial charge is 0.263 e. The van der Waals surface area contributed by atoms with Gasteiger partial charge in [-0.05, 0) is 44.7 Å². The van der Waals surface area contributed by atoms with Gasteiger partial charge in [0, 0.05) is 19.5 Å². The van der Waals surface area contributed by atoms with Gasteiger partial charge in [0.25, 0.3) is 5.91 Å². The van der Waals surface area contributed by atoms with Crippen molar-refractivity contribution >= 4 is 23.0 Å². The van der Waals surface area contributed by atoms with E-state index in [4.69, 9.17) is 4.52 Å². The molecule has 0 saturated carbocycles. The molecule has 0 spiro atoms. The van der Waals surface area contributed by atoms with E-state index in [1.54, 1.807) is 12.1 Å². The van der Waals surface area contributed by atoms with Crippen molar-refractivity contribution in [2.45, 2.75) is 33.1 Å². The highest BCUT2D eigenvalue weighted by Crippen LogP contribution is 2.24. The normalized spacial score (nSPS) is 15.8. The molecule has 23 heavy (non-hydrogen) atoms. The summed E-state index contributed by atoms with van der Waals surface area (Å²) in [5.74, 6) is 1.83. The number of ketones is 1. The van der Waals surface area contributed by atoms with Gasteiger partial charge in [0.15, 0.2) is 11.6 Å². The summed E-state index contributed by atoms with van der Waals surface area (Å²) in [6.07, 6.45) is 2.63. The van der Waals surface area contributed by atoms with Crippen LogP contribution in [-0.4, -0.2) is 39.8 Å². The Morgan fingerprint density at radius 1 is 1.30 bits per heavy atom. The number of aryl methyl sites for hydroxylation is 1. The van der Waals surface area contributed by atoms with Gasteiger partial charge in [-0.25, -0.2) is 0 Å². The highest BCUT2D eigenvalue weighted by molar-refractivity contribution is 7.15. The summed E-state index contributed by atoms with van der Waals surface area (Å²) in [5, 5.41) is 3.80. The Bertz CT molecular complexity index is 714. The Morgan fingerprint density at radius 3 is 2.57 bits per heavy atom. The second-order valence-corrected chi connectivity index (χ2v) is 6.98. The average molecular weight is 333 g/mol. The maximum Gasteiger partial charge on any atom is 0.263 e. The van der Waals surface area contributed by atoms with Crippen LogP contribution in [0.5, 0.6) is 0 Å². The van der Waals surface area contributed by atoms with E-state index in [2.05, 4.69) is 10.1 Å². The fourth-order valence-corrected chi connectivity index (χ4v) is 3.68. The Hall–Kier alpha value is -2.02. The third kappa shape index (κ3) is 3.67. The quantitative estimate of drug-likeness (QED) is 0.804. The van der Waals surface area contributed by atoms with Gasteiger partial charge in [-0.1, -0.05) is 5.16 Å². The highest BCUT2D eigenvalue weighted by Gasteiger charge is 2.26. The summed E-state index contributed by atoms with van der Waals surface area (Å²) >= 11 is 1.27. The molecule has 0 unspecified atom stereocenters. The van der Waals surface area contributed by atoms with Crippen LogP contribution in [0.1, 0.15) is 50.8 Å². The fraction of sp³-hybridized carbons (Fsp3) is 0.500. The van der Waals surface area contributed by atoms with Crippen molar-refractivity contribution in [3.63, 3.8) is 0 Å². The summed E-state index contributed by atoms with van der Waals surface area (Å²) in [4.78, 5) is 31.2. The third-order valence-corrected chi connectivity index (χ3v) is 5.27. The van der Waals surface area contributed by atoms with Gasteiger partial charge >= 0.3 is 0 Å². The fourth-order valence-electron chi connectivity index (χ4n) is 2.81. The molecule has 1 saturated heterocycles. The van der Waals surface area contributed by atoms with Crippen molar-refractivity contribution in [3.8, 4) is 0 Å². The van der Waals surface area contributed by atoms with Crippen molar-refractivity contribution in [3.05, 3.63) is 33.6 Å². The number of hydrogen-bond donors (Lipinski definition) is 0. The summed E-state index contributed by atoms with van der Waals surface area (Å²) in [6, 6.07) is 3.47. The molecule has 0 aliphatic carbocycles. The topological polar surface area (TPSA) is 76.3 Å². The van der Waals surface area contributed by atoms with E-state index >= 15 is 0 Å². The zero-order valence-corrected chi connectivity index (χ0v) is 14.1. The number of hydrogen-bond acceptors (Lipinski definition) is 6. The highest BCUT2D eigenvalue weighted by atomic mass is 32.1. The molecule has 2 aromatic heterocycles. The van der Waals surface area contributed by atoms with Gasteiger partial charge in [-0.3, -0.25) is 9.59 Å². The first kappa shape index (κ1) is 15.9. The molecule has 3 heterocycles. The van der Waals surface area contributed by atoms with Crippen molar-refractivity contribution in [2.75, 3.05) is 13.1 Å². The first-order chi connectivity index (χ1) is 11.0. The van der Waals surface area contributed by atoms with Crippen LogP contribution in [0.15, 0.2) is 16.7 Å². The first-order valence-electron chi connectivity index (χ1n) is 7.72. The standard InChI is InChI=1S/C16H19N3O3S/c1-10(20)13-3-4-14(23-13)16(21)19-7-5-12(6-8-19)9-15-17-11(2)18-22-15/h3-4,12H,5-9H2,1-2H3. The second kappa shape index (κ2) is 6.62. The predicted molar refractivity (Wildman–Crippen MR) is 85.7 cm³/mol. The molecule has 0 aromatic carbocycles. The van der Waals surface area contributed by atoms with Gasteiger partial charge < -0.3 is 9.42 Å². The summed E-state index contributed by atoms with van der Waals surface area (Å²) in [6.45, 7) is 4.78. The van der Waals surface area contributed by atoms with Crippen LogP contribution < -0.4 is 0 Å². The average Bonchev–Trinajstić information content (AvgIpc) is 3.17. The number of piperidine rings is 1. The molecule has 122 valence electrons. The Labute approximate surface area is 138 Å². The minimum Gasteiger partial charge on any atom is -0.339 e. The lowest BCUT2D eigenvalue weighted by Gasteiger charge is -2.31. The van der Waals surface area contributed by atoms with E-state index in [0.29, 0.717) is 27.4 Å². The minimum absolute atomic E-state index is 0.00242. The van der Waals surface area contributed by atoms with Crippen LogP contribution in [0.4, 0.5) is 0 Å². The number of Topliss-reactive ketones (excluding diaryl/α,β-unsaturated/α-hetero) is 1. The maximum atomic E-state index is 12.5. The zero-order chi connectivity index (χ0) is 16.4. The van der Waals surface area contributed by atoms with Gasteiger partial charge in [0.05, 0.1) is 9.75 Å². The third-order valence-electron chi connectivity index (χ3n) is 4.10. The Morgan fingerprint density at radius 2 is 2.00 bits per heavy atom. The van der Waals surface area contributed by atoms with E-state index in [1.165, 1.54) is 18.3 Å². The van der Waals surface area contributed by atoms with E-state index in [9.17, 15) is 9.59 Å². The number of amides is 1. The molecule has 0 N–H and O–H groups in total. The van der Waals surface area contributed by atoms with Crippen molar-refractivity contribution in [1.82, 2.24) is 15.0 Å². The molecule has 1 aliphatic rings. The van der Waals surface area contributed by atoms with Crippen molar-refractivity contribution < 1.29 is 14.1 Å². The Kier molecular flexibility index (Phi) is 4.56. The van der Waals surface area contributed by atoms with Gasteiger partial charge in [-0.2, -0.15) is 4.98 Å². The summed E-state index contributed by atoms with van der Waals surface area (Å²) in [5.41, 5.74) is 0. The molecule has 0 bridgehead atoms. The lowest BCUT2D eigenvalue weighted by atomic mass is 9.93. The number of rotatable bonds is 4. The molecule has 2 aromatic rings. The second-order valence-electron chi connectivity index (χ2n) is 5.90. The van der Waals surface area contributed by atoms with Crippen LogP contribution in [-0.2, 0) is 6.42 Å². The molecular formula is C16H19N3O3S. The zero-order valence-electron chi connectivity index (χ0n) is 13.2. The molecule has 6 nitrogen and oxygen atoms in total.